The minimum absolute atomic E-state index is 0.0917. The van der Waals surface area contributed by atoms with E-state index in [2.05, 4.69) is 4.98 Å². The number of amides is 1. The summed E-state index contributed by atoms with van der Waals surface area (Å²) in [6, 6.07) is 4.13. The summed E-state index contributed by atoms with van der Waals surface area (Å²) in [5.74, 6) is -1.58. The highest BCUT2D eigenvalue weighted by molar-refractivity contribution is 8.03. The molecule has 1 saturated heterocycles. The van der Waals surface area contributed by atoms with Crippen LogP contribution in [0.25, 0.3) is 6.08 Å². The Labute approximate surface area is 124 Å². The molecule has 21 heavy (non-hydrogen) atoms. The minimum atomic E-state index is -1.21. The first-order chi connectivity index (χ1) is 10.1. The van der Waals surface area contributed by atoms with E-state index in [1.165, 1.54) is 22.1 Å². The van der Waals surface area contributed by atoms with E-state index >= 15 is 0 Å². The average Bonchev–Trinajstić information content (AvgIpc) is 2.51. The van der Waals surface area contributed by atoms with Crippen LogP contribution in [0.1, 0.15) is 5.69 Å². The first kappa shape index (κ1) is 13.6. The van der Waals surface area contributed by atoms with Crippen LogP contribution in [-0.4, -0.2) is 44.6 Å². The van der Waals surface area contributed by atoms with Crippen molar-refractivity contribution in [1.82, 2.24) is 9.88 Å². The van der Waals surface area contributed by atoms with E-state index in [0.29, 0.717) is 17.6 Å². The van der Waals surface area contributed by atoms with Crippen molar-refractivity contribution in [1.29, 1.82) is 0 Å². The van der Waals surface area contributed by atoms with E-state index in [-0.39, 0.29) is 16.9 Å². The number of thioether (sulfide) groups is 1. The quantitative estimate of drug-likeness (QED) is 0.507. The molecule has 2 atom stereocenters. The Morgan fingerprint density at radius 3 is 2.86 bits per heavy atom. The third-order valence-corrected chi connectivity index (χ3v) is 4.44. The van der Waals surface area contributed by atoms with Crippen molar-refractivity contribution in [2.75, 3.05) is 0 Å². The van der Waals surface area contributed by atoms with E-state index < -0.39 is 12.0 Å². The molecule has 3 heterocycles. The van der Waals surface area contributed by atoms with E-state index in [1.54, 1.807) is 30.5 Å². The van der Waals surface area contributed by atoms with Gasteiger partial charge < -0.3 is 10.0 Å². The number of hydrogen-bond donors (Lipinski definition) is 1. The van der Waals surface area contributed by atoms with Crippen molar-refractivity contribution >= 4 is 36.0 Å². The molecule has 0 aliphatic carbocycles. The van der Waals surface area contributed by atoms with Crippen molar-refractivity contribution in [2.24, 2.45) is 0 Å². The fourth-order valence-corrected chi connectivity index (χ4v) is 3.45. The van der Waals surface area contributed by atoms with Crippen LogP contribution in [0.15, 0.2) is 41.0 Å². The van der Waals surface area contributed by atoms with Gasteiger partial charge in [0.25, 0.3) is 5.91 Å². The molecule has 0 saturated carbocycles. The molecule has 1 aromatic rings. The molecular weight excluding hydrogens is 292 g/mol. The van der Waals surface area contributed by atoms with Gasteiger partial charge in [-0.25, -0.2) is 4.79 Å². The number of hydrogen-bond acceptors (Lipinski definition) is 5. The molecule has 1 fully saturated rings. The average molecular weight is 302 g/mol. The topological polar surface area (TPSA) is 87.6 Å². The standard InChI is InChI=1S/C14H10N2O4S/c17-6-8-7-21-13-10(5-9-3-1-2-4-15-9)12(18)16(13)11(8)14(19)20/h1-7,11,13H,(H,19,20)/b10-5-/t11?,13-/m0/s1. The van der Waals surface area contributed by atoms with Gasteiger partial charge in [0.2, 0.25) is 0 Å². The number of carbonyl (C=O) groups excluding carboxylic acids is 2. The Morgan fingerprint density at radius 2 is 2.24 bits per heavy atom. The fraction of sp³-hybridized carbons (Fsp3) is 0.143. The van der Waals surface area contributed by atoms with Gasteiger partial charge in [-0.1, -0.05) is 6.07 Å². The highest BCUT2D eigenvalue weighted by Gasteiger charge is 2.51. The first-order valence-electron chi connectivity index (χ1n) is 6.12. The van der Waals surface area contributed by atoms with Gasteiger partial charge in [0.05, 0.1) is 11.3 Å². The van der Waals surface area contributed by atoms with Crippen molar-refractivity contribution in [2.45, 2.75) is 11.4 Å². The molecule has 6 nitrogen and oxygen atoms in total. The van der Waals surface area contributed by atoms with E-state index in [0.717, 1.165) is 0 Å². The minimum Gasteiger partial charge on any atom is -0.479 e. The van der Waals surface area contributed by atoms with Crippen molar-refractivity contribution < 1.29 is 19.5 Å². The second-order valence-electron chi connectivity index (χ2n) is 4.53. The van der Waals surface area contributed by atoms with Gasteiger partial charge in [-0.3, -0.25) is 14.6 Å². The second-order valence-corrected chi connectivity index (χ2v) is 5.49. The third kappa shape index (κ3) is 2.15. The highest BCUT2D eigenvalue weighted by Crippen LogP contribution is 2.43. The van der Waals surface area contributed by atoms with Crippen LogP contribution >= 0.6 is 11.8 Å². The lowest BCUT2D eigenvalue weighted by Gasteiger charge is -2.47. The Balaban J connectivity index is 1.94. The maximum Gasteiger partial charge on any atom is 0.331 e. The zero-order valence-corrected chi connectivity index (χ0v) is 11.5. The Hall–Kier alpha value is -2.41. The van der Waals surface area contributed by atoms with Crippen molar-refractivity contribution in [3.05, 3.63) is 46.6 Å². The Morgan fingerprint density at radius 1 is 1.43 bits per heavy atom. The molecule has 7 heteroatoms. The molecule has 2 aliphatic rings. The van der Waals surface area contributed by atoms with Gasteiger partial charge in [-0.05, 0) is 23.6 Å². The van der Waals surface area contributed by atoms with Gasteiger partial charge in [-0.15, -0.1) is 11.8 Å². The summed E-state index contributed by atoms with van der Waals surface area (Å²) in [4.78, 5) is 39.7. The van der Waals surface area contributed by atoms with Gasteiger partial charge in [-0.2, -0.15) is 0 Å². The molecule has 0 bridgehead atoms. The molecular formula is C14H10N2O4S. The molecule has 1 unspecified atom stereocenters. The molecule has 106 valence electrons. The lowest BCUT2D eigenvalue weighted by molar-refractivity contribution is -0.151. The van der Waals surface area contributed by atoms with Crippen LogP contribution < -0.4 is 0 Å². The summed E-state index contributed by atoms with van der Waals surface area (Å²) in [5.41, 5.74) is 1.22. The number of carboxylic acid groups (broad SMARTS) is 1. The Kier molecular flexibility index (Phi) is 3.34. The molecule has 1 amide bonds. The molecule has 0 aromatic carbocycles. The van der Waals surface area contributed by atoms with E-state index in [1.807, 2.05) is 0 Å². The fourth-order valence-electron chi connectivity index (χ4n) is 2.31. The van der Waals surface area contributed by atoms with Crippen LogP contribution in [0.5, 0.6) is 0 Å². The van der Waals surface area contributed by atoms with Gasteiger partial charge >= 0.3 is 5.97 Å². The SMILES string of the molecule is O=CC1=CS[C@H]2/C(=C\c3ccccn3)C(=O)N2C1C(=O)O. The summed E-state index contributed by atoms with van der Waals surface area (Å²) >= 11 is 1.25. The maximum absolute atomic E-state index is 12.2. The molecule has 3 rings (SSSR count). The van der Waals surface area contributed by atoms with E-state index in [4.69, 9.17) is 0 Å². The number of pyridine rings is 1. The predicted octanol–water partition coefficient (Wildman–Crippen LogP) is 0.916. The Bertz CT molecular complexity index is 683. The van der Waals surface area contributed by atoms with Gasteiger partial charge in [0, 0.05) is 11.8 Å². The molecule has 1 N–H and O–H groups in total. The summed E-state index contributed by atoms with van der Waals surface area (Å²) in [6.07, 6.45) is 3.75. The highest BCUT2D eigenvalue weighted by atomic mass is 32.2. The summed E-state index contributed by atoms with van der Waals surface area (Å²) in [7, 11) is 0. The predicted molar refractivity (Wildman–Crippen MR) is 76.0 cm³/mol. The number of aromatic nitrogens is 1. The third-order valence-electron chi connectivity index (χ3n) is 3.29. The van der Waals surface area contributed by atoms with E-state index in [9.17, 15) is 19.5 Å². The summed E-state index contributed by atoms with van der Waals surface area (Å²) in [6.45, 7) is 0. The molecule has 0 radical (unpaired) electrons. The number of aldehydes is 1. The monoisotopic (exact) mass is 302 g/mol. The number of rotatable bonds is 3. The van der Waals surface area contributed by atoms with Gasteiger partial charge in [0.15, 0.2) is 6.04 Å². The van der Waals surface area contributed by atoms with Crippen LogP contribution in [0.3, 0.4) is 0 Å². The zero-order chi connectivity index (χ0) is 15.0. The molecule has 0 spiro atoms. The van der Waals surface area contributed by atoms with Crippen LogP contribution in [0.4, 0.5) is 0 Å². The lowest BCUT2D eigenvalue weighted by Crippen LogP contribution is -2.62. The number of carbonyl (C=O) groups is 3. The smallest absolute Gasteiger partial charge is 0.331 e. The van der Waals surface area contributed by atoms with Crippen LogP contribution in [0.2, 0.25) is 0 Å². The summed E-state index contributed by atoms with van der Waals surface area (Å²) in [5, 5.41) is 10.3. The first-order valence-corrected chi connectivity index (χ1v) is 7.06. The maximum atomic E-state index is 12.2. The number of carboxylic acids is 1. The number of aliphatic carboxylic acids is 1. The van der Waals surface area contributed by atoms with Gasteiger partial charge in [0.1, 0.15) is 11.7 Å². The largest absolute Gasteiger partial charge is 0.479 e. The normalized spacial score (nSPS) is 25.9. The second kappa shape index (κ2) is 5.17. The van der Waals surface area contributed by atoms with Crippen molar-refractivity contribution in [3.63, 3.8) is 0 Å². The zero-order valence-electron chi connectivity index (χ0n) is 10.7. The number of β-lactam (4-membered cyclic amide) rings is 1. The van der Waals surface area contributed by atoms with Crippen molar-refractivity contribution in [3.8, 4) is 0 Å². The van der Waals surface area contributed by atoms with Crippen LogP contribution in [0, 0.1) is 0 Å². The molecule has 1 aromatic heterocycles. The number of fused-ring (bicyclic) bond motifs is 1. The summed E-state index contributed by atoms with van der Waals surface area (Å²) < 4.78 is 0. The lowest BCUT2D eigenvalue weighted by atomic mass is 9.97. The number of nitrogens with zero attached hydrogens (tertiary/aromatic N) is 2. The van der Waals surface area contributed by atoms with Crippen LogP contribution in [-0.2, 0) is 14.4 Å². The molecule has 2 aliphatic heterocycles.